The Kier molecular flexibility index (Phi) is 3.01. The van der Waals surface area contributed by atoms with Crippen molar-refractivity contribution in [1.29, 1.82) is 0 Å². The summed E-state index contributed by atoms with van der Waals surface area (Å²) in [7, 11) is 0. The van der Waals surface area contributed by atoms with E-state index >= 15 is 0 Å². The predicted molar refractivity (Wildman–Crippen MR) is 57.4 cm³/mol. The van der Waals surface area contributed by atoms with Crippen LogP contribution in [0.3, 0.4) is 0 Å². The van der Waals surface area contributed by atoms with Gasteiger partial charge in [0.05, 0.1) is 0 Å². The summed E-state index contributed by atoms with van der Waals surface area (Å²) >= 11 is 3.35. The summed E-state index contributed by atoms with van der Waals surface area (Å²) in [5.74, 6) is 1.53. The van der Waals surface area contributed by atoms with Gasteiger partial charge in [0.25, 0.3) is 0 Å². The third kappa shape index (κ3) is 2.23. The molecule has 1 heterocycles. The van der Waals surface area contributed by atoms with E-state index in [-0.39, 0.29) is 0 Å². The topological polar surface area (TPSA) is 35.0 Å². The van der Waals surface area contributed by atoms with E-state index < -0.39 is 0 Å². The van der Waals surface area contributed by atoms with Crippen LogP contribution in [0.15, 0.2) is 10.7 Å². The van der Waals surface area contributed by atoms with Crippen LogP contribution in [0.5, 0.6) is 5.88 Å². The average Bonchev–Trinajstić information content (AvgIpc) is 2.10. The van der Waals surface area contributed by atoms with Crippen LogP contribution >= 0.6 is 15.9 Å². The van der Waals surface area contributed by atoms with Gasteiger partial charge in [0.2, 0.25) is 5.88 Å². The van der Waals surface area contributed by atoms with Gasteiger partial charge in [-0.25, -0.2) is 4.98 Å². The van der Waals surface area contributed by atoms with Gasteiger partial charge in [-0.05, 0) is 35.2 Å². The molecule has 1 fully saturated rings. The molecule has 0 spiro atoms. The molecule has 14 heavy (non-hydrogen) atoms. The zero-order valence-electron chi connectivity index (χ0n) is 8.16. The Labute approximate surface area is 92.0 Å². The van der Waals surface area contributed by atoms with Gasteiger partial charge in [0.15, 0.2) is 0 Å². The molecule has 1 aliphatic rings. The minimum atomic E-state index is 0.376. The first-order chi connectivity index (χ1) is 6.78. The Morgan fingerprint density at radius 2 is 2.29 bits per heavy atom. The number of aryl methyl sites for hydroxylation is 1. The average molecular weight is 257 g/mol. The molecule has 4 heteroatoms. The molecule has 0 unspecified atom stereocenters. The molecule has 0 atom stereocenters. The summed E-state index contributed by atoms with van der Waals surface area (Å²) in [5.41, 5.74) is 0. The highest BCUT2D eigenvalue weighted by atomic mass is 79.9. The van der Waals surface area contributed by atoms with Crippen molar-refractivity contribution in [1.82, 2.24) is 9.97 Å². The first-order valence-corrected chi connectivity index (χ1v) is 5.77. The number of hydrogen-bond acceptors (Lipinski definition) is 3. The molecule has 0 N–H and O–H groups in total. The number of hydrogen-bond donors (Lipinski definition) is 0. The second kappa shape index (κ2) is 4.26. The van der Waals surface area contributed by atoms with Crippen LogP contribution < -0.4 is 4.74 Å². The summed E-state index contributed by atoms with van der Waals surface area (Å²) in [4.78, 5) is 8.54. The molecule has 1 aliphatic carbocycles. The van der Waals surface area contributed by atoms with E-state index in [2.05, 4.69) is 25.9 Å². The lowest BCUT2D eigenvalue weighted by Gasteiger charge is -2.25. The minimum absolute atomic E-state index is 0.376. The van der Waals surface area contributed by atoms with E-state index in [1.807, 2.05) is 13.0 Å². The van der Waals surface area contributed by atoms with Crippen LogP contribution in [0.1, 0.15) is 32.0 Å². The quantitative estimate of drug-likeness (QED) is 0.781. The first kappa shape index (κ1) is 9.90. The van der Waals surface area contributed by atoms with E-state index in [0.29, 0.717) is 12.0 Å². The Morgan fingerprint density at radius 1 is 1.50 bits per heavy atom. The van der Waals surface area contributed by atoms with Crippen LogP contribution in [0.2, 0.25) is 0 Å². The van der Waals surface area contributed by atoms with Crippen molar-refractivity contribution < 1.29 is 4.74 Å². The Morgan fingerprint density at radius 3 is 2.86 bits per heavy atom. The van der Waals surface area contributed by atoms with Crippen molar-refractivity contribution in [2.24, 2.45) is 0 Å². The highest BCUT2D eigenvalue weighted by molar-refractivity contribution is 9.10. The molecule has 0 bridgehead atoms. The molecule has 1 aromatic heterocycles. The third-order valence-electron chi connectivity index (χ3n) is 2.37. The lowest BCUT2D eigenvalue weighted by Crippen LogP contribution is -2.25. The normalized spacial score (nSPS) is 16.4. The fraction of sp³-hybridized carbons (Fsp3) is 0.600. The molecular weight excluding hydrogens is 244 g/mol. The molecule has 76 valence electrons. The van der Waals surface area contributed by atoms with E-state index in [4.69, 9.17) is 4.74 Å². The zero-order valence-corrected chi connectivity index (χ0v) is 9.75. The molecule has 2 rings (SSSR count). The predicted octanol–water partition coefficient (Wildman–Crippen LogP) is 2.73. The second-order valence-electron chi connectivity index (χ2n) is 3.47. The molecule has 0 amide bonds. The number of ether oxygens (including phenoxy) is 1. The van der Waals surface area contributed by atoms with Crippen LogP contribution in [0.25, 0.3) is 0 Å². The van der Waals surface area contributed by atoms with Crippen LogP contribution in [0, 0.1) is 0 Å². The van der Waals surface area contributed by atoms with Gasteiger partial charge >= 0.3 is 0 Å². The second-order valence-corrected chi connectivity index (χ2v) is 4.28. The fourth-order valence-electron chi connectivity index (χ4n) is 1.32. The van der Waals surface area contributed by atoms with Gasteiger partial charge in [-0.2, -0.15) is 4.98 Å². The lowest BCUT2D eigenvalue weighted by atomic mass is 9.96. The summed E-state index contributed by atoms with van der Waals surface area (Å²) in [5, 5.41) is 0. The smallest absolute Gasteiger partial charge is 0.217 e. The fourth-order valence-corrected chi connectivity index (χ4v) is 1.72. The van der Waals surface area contributed by atoms with E-state index in [1.165, 1.54) is 6.42 Å². The Bertz CT molecular complexity index is 326. The molecule has 0 saturated heterocycles. The Balaban J connectivity index is 2.11. The molecule has 0 aromatic carbocycles. The summed E-state index contributed by atoms with van der Waals surface area (Å²) in [6.07, 6.45) is 4.80. The highest BCUT2D eigenvalue weighted by Crippen LogP contribution is 2.25. The molecule has 0 radical (unpaired) electrons. The van der Waals surface area contributed by atoms with Gasteiger partial charge < -0.3 is 4.74 Å². The maximum atomic E-state index is 5.69. The van der Waals surface area contributed by atoms with E-state index in [0.717, 1.165) is 29.7 Å². The molecule has 0 aliphatic heterocycles. The number of rotatable bonds is 3. The maximum Gasteiger partial charge on any atom is 0.217 e. The van der Waals surface area contributed by atoms with Gasteiger partial charge in [-0.3, -0.25) is 0 Å². The molecular formula is C10H13BrN2O. The SMILES string of the molecule is CCc1nc(Br)cc(OC2CCC2)n1. The van der Waals surface area contributed by atoms with Crippen molar-refractivity contribution in [2.45, 2.75) is 38.7 Å². The standard InChI is InChI=1S/C10H13BrN2O/c1-2-9-12-8(11)6-10(13-9)14-7-4-3-5-7/h6-7H,2-5H2,1H3. The zero-order chi connectivity index (χ0) is 9.97. The van der Waals surface area contributed by atoms with Gasteiger partial charge in [-0.15, -0.1) is 0 Å². The molecule has 1 aromatic rings. The number of nitrogens with zero attached hydrogens (tertiary/aromatic N) is 2. The lowest BCUT2D eigenvalue weighted by molar-refractivity contribution is 0.114. The largest absolute Gasteiger partial charge is 0.474 e. The summed E-state index contributed by atoms with van der Waals surface area (Å²) < 4.78 is 6.50. The van der Waals surface area contributed by atoms with Gasteiger partial charge in [-0.1, -0.05) is 6.92 Å². The van der Waals surface area contributed by atoms with E-state index in [9.17, 15) is 0 Å². The molecule has 3 nitrogen and oxygen atoms in total. The van der Waals surface area contributed by atoms with Crippen molar-refractivity contribution in [3.05, 3.63) is 16.5 Å². The first-order valence-electron chi connectivity index (χ1n) is 4.98. The van der Waals surface area contributed by atoms with Crippen LogP contribution in [0.4, 0.5) is 0 Å². The van der Waals surface area contributed by atoms with Crippen molar-refractivity contribution in [3.63, 3.8) is 0 Å². The van der Waals surface area contributed by atoms with Gasteiger partial charge in [0.1, 0.15) is 16.5 Å². The van der Waals surface area contributed by atoms with Crippen molar-refractivity contribution in [2.75, 3.05) is 0 Å². The summed E-state index contributed by atoms with van der Waals surface area (Å²) in [6.45, 7) is 2.04. The van der Waals surface area contributed by atoms with Crippen LogP contribution in [-0.2, 0) is 6.42 Å². The van der Waals surface area contributed by atoms with Crippen molar-refractivity contribution >= 4 is 15.9 Å². The van der Waals surface area contributed by atoms with Gasteiger partial charge in [0, 0.05) is 12.5 Å². The Hall–Kier alpha value is -0.640. The highest BCUT2D eigenvalue weighted by Gasteiger charge is 2.19. The maximum absolute atomic E-state index is 5.69. The number of aromatic nitrogens is 2. The third-order valence-corrected chi connectivity index (χ3v) is 2.78. The monoisotopic (exact) mass is 256 g/mol. The minimum Gasteiger partial charge on any atom is -0.474 e. The van der Waals surface area contributed by atoms with Crippen molar-refractivity contribution in [3.8, 4) is 5.88 Å². The van der Waals surface area contributed by atoms with Crippen LogP contribution in [-0.4, -0.2) is 16.1 Å². The summed E-state index contributed by atoms with van der Waals surface area (Å²) in [6, 6.07) is 1.83. The molecule has 1 saturated carbocycles. The number of halogens is 1. The van der Waals surface area contributed by atoms with E-state index in [1.54, 1.807) is 0 Å².